The minimum atomic E-state index is -0.848. The van der Waals surface area contributed by atoms with Gasteiger partial charge >= 0.3 is 5.97 Å². The Hall–Kier alpha value is -1.15. The van der Waals surface area contributed by atoms with E-state index in [0.29, 0.717) is 22.9 Å². The summed E-state index contributed by atoms with van der Waals surface area (Å²) >= 11 is 2.31. The Morgan fingerprint density at radius 2 is 2.31 bits per heavy atom. The molecule has 16 heavy (non-hydrogen) atoms. The molecule has 0 aliphatic rings. The Morgan fingerprint density at radius 1 is 1.56 bits per heavy atom. The largest absolute Gasteiger partial charge is 0.481 e. The molecule has 0 spiro atoms. The van der Waals surface area contributed by atoms with Gasteiger partial charge in [-0.05, 0) is 18.5 Å². The van der Waals surface area contributed by atoms with Gasteiger partial charge in [-0.3, -0.25) is 9.59 Å². The van der Waals surface area contributed by atoms with Crippen LogP contribution in [-0.4, -0.2) is 44.6 Å². The van der Waals surface area contributed by atoms with Crippen LogP contribution in [0, 0.1) is 6.92 Å². The number of nitrogens with one attached hydrogen (secondary N) is 1. The molecule has 0 saturated carbocycles. The van der Waals surface area contributed by atoms with Crippen LogP contribution in [0.3, 0.4) is 0 Å². The zero-order valence-corrected chi connectivity index (χ0v) is 10.2. The highest BCUT2D eigenvalue weighted by atomic mass is 32.2. The van der Waals surface area contributed by atoms with Crippen LogP contribution in [0.15, 0.2) is 0 Å². The third-order valence-electron chi connectivity index (χ3n) is 1.62. The SMILES string of the molecule is Cc1nnsc1C(=O)NCCSCC(=O)O. The van der Waals surface area contributed by atoms with Gasteiger partial charge < -0.3 is 10.4 Å². The van der Waals surface area contributed by atoms with Crippen molar-refractivity contribution in [1.29, 1.82) is 0 Å². The number of aromatic nitrogens is 2. The molecule has 1 amide bonds. The van der Waals surface area contributed by atoms with E-state index in [1.807, 2.05) is 0 Å². The Balaban J connectivity index is 2.21. The van der Waals surface area contributed by atoms with Crippen molar-refractivity contribution in [1.82, 2.24) is 14.9 Å². The number of carbonyl (C=O) groups is 2. The van der Waals surface area contributed by atoms with E-state index < -0.39 is 5.97 Å². The second-order valence-corrected chi connectivity index (χ2v) is 4.75. The highest BCUT2D eigenvalue weighted by Crippen LogP contribution is 2.08. The van der Waals surface area contributed by atoms with Gasteiger partial charge in [-0.2, -0.15) is 0 Å². The number of carboxylic acids is 1. The lowest BCUT2D eigenvalue weighted by molar-refractivity contribution is -0.133. The Labute approximate surface area is 101 Å². The summed E-state index contributed by atoms with van der Waals surface area (Å²) in [6.07, 6.45) is 0. The lowest BCUT2D eigenvalue weighted by Gasteiger charge is -2.02. The molecule has 6 nitrogen and oxygen atoms in total. The van der Waals surface area contributed by atoms with Gasteiger partial charge in [0.15, 0.2) is 0 Å². The highest BCUT2D eigenvalue weighted by molar-refractivity contribution is 7.99. The number of aryl methyl sites for hydroxylation is 1. The van der Waals surface area contributed by atoms with E-state index in [2.05, 4.69) is 14.9 Å². The summed E-state index contributed by atoms with van der Waals surface area (Å²) in [4.78, 5) is 22.2. The van der Waals surface area contributed by atoms with Crippen molar-refractivity contribution < 1.29 is 14.7 Å². The lowest BCUT2D eigenvalue weighted by atomic mass is 10.4. The molecule has 2 N–H and O–H groups in total. The van der Waals surface area contributed by atoms with E-state index in [9.17, 15) is 9.59 Å². The number of thioether (sulfide) groups is 1. The minimum Gasteiger partial charge on any atom is -0.481 e. The topological polar surface area (TPSA) is 92.2 Å². The van der Waals surface area contributed by atoms with E-state index >= 15 is 0 Å². The molecular weight excluding hydrogens is 250 g/mol. The molecule has 8 heteroatoms. The molecule has 0 fully saturated rings. The maximum atomic E-state index is 11.5. The van der Waals surface area contributed by atoms with E-state index in [4.69, 9.17) is 5.11 Å². The standard InChI is InChI=1S/C8H11N3O3S2/c1-5-7(16-11-10-5)8(14)9-2-3-15-4-6(12)13/h2-4H2,1H3,(H,9,14)(H,12,13). The Bertz CT molecular complexity index is 380. The molecule has 1 aromatic heterocycles. The molecule has 1 rings (SSSR count). The van der Waals surface area contributed by atoms with Crippen molar-refractivity contribution in [2.45, 2.75) is 6.92 Å². The average molecular weight is 261 g/mol. The number of carboxylic acid groups (broad SMARTS) is 1. The number of hydrogen-bond donors (Lipinski definition) is 2. The average Bonchev–Trinajstić information content (AvgIpc) is 2.63. The van der Waals surface area contributed by atoms with Crippen molar-refractivity contribution in [3.8, 4) is 0 Å². The van der Waals surface area contributed by atoms with Crippen LogP contribution in [0.25, 0.3) is 0 Å². The van der Waals surface area contributed by atoms with Crippen LogP contribution in [-0.2, 0) is 4.79 Å². The summed E-state index contributed by atoms with van der Waals surface area (Å²) < 4.78 is 3.66. The van der Waals surface area contributed by atoms with Crippen molar-refractivity contribution in [2.75, 3.05) is 18.1 Å². The predicted molar refractivity (Wildman–Crippen MR) is 61.9 cm³/mol. The summed E-state index contributed by atoms with van der Waals surface area (Å²) in [5, 5.41) is 14.8. The quantitative estimate of drug-likeness (QED) is 0.720. The molecule has 0 unspecified atom stereocenters. The highest BCUT2D eigenvalue weighted by Gasteiger charge is 2.11. The van der Waals surface area contributed by atoms with Crippen LogP contribution in [0.5, 0.6) is 0 Å². The van der Waals surface area contributed by atoms with Gasteiger partial charge in [0, 0.05) is 12.3 Å². The number of amides is 1. The molecule has 0 atom stereocenters. The first-order chi connectivity index (χ1) is 7.61. The van der Waals surface area contributed by atoms with Crippen LogP contribution in [0.4, 0.5) is 0 Å². The molecule has 1 aromatic rings. The number of aliphatic carboxylic acids is 1. The van der Waals surface area contributed by atoms with E-state index in [1.165, 1.54) is 11.8 Å². The minimum absolute atomic E-state index is 0.0526. The van der Waals surface area contributed by atoms with Gasteiger partial charge in [-0.1, -0.05) is 4.49 Å². The normalized spacial score (nSPS) is 10.1. The molecule has 0 aliphatic heterocycles. The van der Waals surface area contributed by atoms with Gasteiger partial charge in [0.25, 0.3) is 5.91 Å². The summed E-state index contributed by atoms with van der Waals surface area (Å²) in [5.41, 5.74) is 0.612. The van der Waals surface area contributed by atoms with Crippen molar-refractivity contribution >= 4 is 35.2 Å². The van der Waals surface area contributed by atoms with Crippen LogP contribution >= 0.6 is 23.3 Å². The molecule has 88 valence electrons. The van der Waals surface area contributed by atoms with Gasteiger partial charge in [0.1, 0.15) is 4.88 Å². The maximum absolute atomic E-state index is 11.5. The van der Waals surface area contributed by atoms with Gasteiger partial charge in [0.05, 0.1) is 11.4 Å². The fourth-order valence-electron chi connectivity index (χ4n) is 0.916. The number of rotatable bonds is 6. The summed E-state index contributed by atoms with van der Waals surface area (Å²) in [7, 11) is 0. The first-order valence-electron chi connectivity index (χ1n) is 4.48. The zero-order chi connectivity index (χ0) is 12.0. The van der Waals surface area contributed by atoms with Gasteiger partial charge in [-0.25, -0.2) is 0 Å². The van der Waals surface area contributed by atoms with Gasteiger partial charge in [0.2, 0.25) is 0 Å². The molecule has 0 radical (unpaired) electrons. The number of carbonyl (C=O) groups excluding carboxylic acids is 1. The Morgan fingerprint density at radius 3 is 2.88 bits per heavy atom. The summed E-state index contributed by atoms with van der Waals surface area (Å²) in [6.45, 7) is 2.16. The van der Waals surface area contributed by atoms with Crippen LogP contribution in [0.1, 0.15) is 15.4 Å². The molecule has 0 saturated heterocycles. The van der Waals surface area contributed by atoms with E-state index in [0.717, 1.165) is 11.5 Å². The summed E-state index contributed by atoms with van der Waals surface area (Å²) in [6, 6.07) is 0. The summed E-state index contributed by atoms with van der Waals surface area (Å²) in [5.74, 6) is -0.428. The second-order valence-electron chi connectivity index (χ2n) is 2.89. The van der Waals surface area contributed by atoms with Crippen LogP contribution < -0.4 is 5.32 Å². The third kappa shape index (κ3) is 4.15. The van der Waals surface area contributed by atoms with E-state index in [-0.39, 0.29) is 11.7 Å². The van der Waals surface area contributed by atoms with Crippen molar-refractivity contribution in [3.05, 3.63) is 10.6 Å². The maximum Gasteiger partial charge on any atom is 0.313 e. The molecular formula is C8H11N3O3S2. The molecule has 0 bridgehead atoms. The monoisotopic (exact) mass is 261 g/mol. The fourth-order valence-corrected chi connectivity index (χ4v) is 2.05. The smallest absolute Gasteiger partial charge is 0.313 e. The van der Waals surface area contributed by atoms with Crippen molar-refractivity contribution in [2.24, 2.45) is 0 Å². The Kier molecular flexibility index (Phi) is 5.20. The first kappa shape index (κ1) is 12.9. The number of nitrogens with zero attached hydrogens (tertiary/aromatic N) is 2. The number of hydrogen-bond acceptors (Lipinski definition) is 6. The zero-order valence-electron chi connectivity index (χ0n) is 8.60. The predicted octanol–water partition coefficient (Wildman–Crippen LogP) is 0.394. The fraction of sp³-hybridized carbons (Fsp3) is 0.500. The lowest BCUT2D eigenvalue weighted by Crippen LogP contribution is -2.25. The van der Waals surface area contributed by atoms with E-state index in [1.54, 1.807) is 6.92 Å². The van der Waals surface area contributed by atoms with Crippen molar-refractivity contribution in [3.63, 3.8) is 0 Å². The molecule has 0 aromatic carbocycles. The molecule has 0 aliphatic carbocycles. The van der Waals surface area contributed by atoms with Crippen LogP contribution in [0.2, 0.25) is 0 Å². The third-order valence-corrected chi connectivity index (χ3v) is 3.39. The van der Waals surface area contributed by atoms with Gasteiger partial charge in [-0.15, -0.1) is 16.9 Å². The second kappa shape index (κ2) is 6.44. The first-order valence-corrected chi connectivity index (χ1v) is 6.40. The molecule has 1 heterocycles.